The van der Waals surface area contributed by atoms with E-state index in [1.165, 1.54) is 33.0 Å². The molecule has 0 spiro atoms. The van der Waals surface area contributed by atoms with E-state index in [0.29, 0.717) is 17.5 Å². The van der Waals surface area contributed by atoms with Crippen molar-refractivity contribution >= 4 is 43.7 Å². The number of aromatic nitrogens is 4. The van der Waals surface area contributed by atoms with Gasteiger partial charge in [-0.25, -0.2) is 15.0 Å². The van der Waals surface area contributed by atoms with Crippen LogP contribution in [0.4, 0.5) is 0 Å². The van der Waals surface area contributed by atoms with Crippen LogP contribution in [0.25, 0.3) is 106 Å². The first-order chi connectivity index (χ1) is 28.6. The smallest absolute Gasteiger partial charge is 0.166 e. The quantitative estimate of drug-likeness (QED) is 0.170. The van der Waals surface area contributed by atoms with E-state index in [1.54, 1.807) is 0 Å². The van der Waals surface area contributed by atoms with Gasteiger partial charge in [0.2, 0.25) is 0 Å². The molecule has 0 radical (unpaired) electrons. The van der Waals surface area contributed by atoms with Crippen LogP contribution in [0, 0.1) is 13.8 Å². The van der Waals surface area contributed by atoms with Gasteiger partial charge in [-0.2, -0.15) is 0 Å². The molecule has 0 N–H and O–H groups in total. The number of furan rings is 1. The number of aryl methyl sites for hydroxylation is 2. The molecule has 58 heavy (non-hydrogen) atoms. The lowest BCUT2D eigenvalue weighted by molar-refractivity contribution is 0.669. The minimum atomic E-state index is 0.589. The predicted molar refractivity (Wildman–Crippen MR) is 238 cm³/mol. The van der Waals surface area contributed by atoms with Gasteiger partial charge in [-0.3, -0.25) is 0 Å². The summed E-state index contributed by atoms with van der Waals surface area (Å²) in [5.41, 5.74) is 14.7. The van der Waals surface area contributed by atoms with E-state index in [1.807, 2.05) is 54.6 Å². The van der Waals surface area contributed by atoms with E-state index in [4.69, 9.17) is 19.4 Å². The van der Waals surface area contributed by atoms with Crippen molar-refractivity contribution in [3.63, 3.8) is 0 Å². The van der Waals surface area contributed by atoms with Crippen molar-refractivity contribution in [1.82, 2.24) is 19.5 Å². The lowest BCUT2D eigenvalue weighted by Gasteiger charge is -2.17. The third-order valence-corrected chi connectivity index (χ3v) is 11.3. The maximum absolute atomic E-state index is 6.36. The molecule has 0 amide bonds. The van der Waals surface area contributed by atoms with Gasteiger partial charge < -0.3 is 8.98 Å². The number of rotatable bonds is 6. The summed E-state index contributed by atoms with van der Waals surface area (Å²) in [6.07, 6.45) is 0. The molecule has 0 atom stereocenters. The van der Waals surface area contributed by atoms with E-state index in [0.717, 1.165) is 66.5 Å². The summed E-state index contributed by atoms with van der Waals surface area (Å²) in [7, 11) is 0. The first-order valence-electron chi connectivity index (χ1n) is 19.6. The molecule has 0 saturated carbocycles. The molecule has 3 aromatic heterocycles. The Kier molecular flexibility index (Phi) is 7.86. The monoisotopic (exact) mass is 744 g/mol. The van der Waals surface area contributed by atoms with Crippen molar-refractivity contribution in [2.24, 2.45) is 0 Å². The molecule has 3 heterocycles. The molecule has 11 rings (SSSR count). The van der Waals surface area contributed by atoms with Crippen LogP contribution in [-0.4, -0.2) is 19.5 Å². The summed E-state index contributed by atoms with van der Waals surface area (Å²) < 4.78 is 8.73. The Morgan fingerprint density at radius 1 is 0.397 bits per heavy atom. The Morgan fingerprint density at radius 2 is 1.02 bits per heavy atom. The molecule has 274 valence electrons. The Labute approximate surface area is 335 Å². The van der Waals surface area contributed by atoms with Crippen molar-refractivity contribution in [3.05, 3.63) is 193 Å². The van der Waals surface area contributed by atoms with Gasteiger partial charge in [0, 0.05) is 38.2 Å². The van der Waals surface area contributed by atoms with Gasteiger partial charge in [0.25, 0.3) is 0 Å². The van der Waals surface area contributed by atoms with Gasteiger partial charge in [-0.05, 0) is 84.1 Å². The fourth-order valence-electron chi connectivity index (χ4n) is 8.56. The van der Waals surface area contributed by atoms with Gasteiger partial charge in [0.15, 0.2) is 17.5 Å². The molecule has 8 aromatic carbocycles. The second-order valence-electron chi connectivity index (χ2n) is 15.0. The van der Waals surface area contributed by atoms with E-state index in [2.05, 4.69) is 146 Å². The number of para-hydroxylation sites is 2. The van der Waals surface area contributed by atoms with Crippen molar-refractivity contribution in [2.45, 2.75) is 13.8 Å². The van der Waals surface area contributed by atoms with Crippen LogP contribution in [0.3, 0.4) is 0 Å². The lowest BCUT2D eigenvalue weighted by atomic mass is 9.96. The number of nitrogens with zero attached hydrogens (tertiary/aromatic N) is 4. The minimum Gasteiger partial charge on any atom is -0.456 e. The van der Waals surface area contributed by atoms with E-state index >= 15 is 0 Å². The zero-order chi connectivity index (χ0) is 38.7. The molecule has 0 bridgehead atoms. The lowest BCUT2D eigenvalue weighted by Crippen LogP contribution is -2.04. The predicted octanol–water partition coefficient (Wildman–Crippen LogP) is 13.8. The Morgan fingerprint density at radius 3 is 1.78 bits per heavy atom. The highest BCUT2D eigenvalue weighted by atomic mass is 16.3. The Hall–Kier alpha value is -7.63. The minimum absolute atomic E-state index is 0.589. The average molecular weight is 745 g/mol. The Balaban J connectivity index is 1.21. The van der Waals surface area contributed by atoms with Crippen LogP contribution < -0.4 is 0 Å². The molecule has 0 fully saturated rings. The first kappa shape index (κ1) is 33.7. The van der Waals surface area contributed by atoms with Crippen molar-refractivity contribution < 1.29 is 4.42 Å². The van der Waals surface area contributed by atoms with E-state index < -0.39 is 0 Å². The van der Waals surface area contributed by atoms with Crippen LogP contribution >= 0.6 is 0 Å². The van der Waals surface area contributed by atoms with Crippen LogP contribution in [0.15, 0.2) is 186 Å². The van der Waals surface area contributed by atoms with Crippen LogP contribution in [0.1, 0.15) is 11.1 Å². The van der Waals surface area contributed by atoms with Gasteiger partial charge in [-0.1, -0.05) is 145 Å². The van der Waals surface area contributed by atoms with E-state index in [-0.39, 0.29) is 0 Å². The summed E-state index contributed by atoms with van der Waals surface area (Å²) in [5.74, 6) is 1.82. The van der Waals surface area contributed by atoms with Crippen molar-refractivity contribution in [1.29, 1.82) is 0 Å². The summed E-state index contributed by atoms with van der Waals surface area (Å²) in [4.78, 5) is 15.6. The summed E-state index contributed by atoms with van der Waals surface area (Å²) >= 11 is 0. The molecular formula is C53H36N4O. The Bertz CT molecular complexity index is 3300. The van der Waals surface area contributed by atoms with Gasteiger partial charge in [0.05, 0.1) is 16.7 Å². The van der Waals surface area contributed by atoms with Gasteiger partial charge in [0.1, 0.15) is 11.2 Å². The SMILES string of the molecule is Cc1ccc(-c2ccc3c(c2)c2ccccc2n3-c2ccc(-c3cccc4oc5ccccc5c34)cc2-c2nc(-c3ccccc3)nc(-c3ccccc3)n2)c(C)c1. The zero-order valence-electron chi connectivity index (χ0n) is 32.0. The van der Waals surface area contributed by atoms with E-state index in [9.17, 15) is 0 Å². The van der Waals surface area contributed by atoms with Gasteiger partial charge in [-0.15, -0.1) is 0 Å². The fourth-order valence-corrected chi connectivity index (χ4v) is 8.56. The molecule has 0 saturated heterocycles. The highest BCUT2D eigenvalue weighted by Gasteiger charge is 2.22. The summed E-state index contributed by atoms with van der Waals surface area (Å²) in [5, 5.41) is 4.53. The molecule has 5 heteroatoms. The first-order valence-corrected chi connectivity index (χ1v) is 19.6. The zero-order valence-corrected chi connectivity index (χ0v) is 32.0. The largest absolute Gasteiger partial charge is 0.456 e. The number of benzene rings is 8. The number of hydrogen-bond donors (Lipinski definition) is 0. The molecule has 0 aliphatic heterocycles. The molecule has 0 aliphatic carbocycles. The normalized spacial score (nSPS) is 11.6. The van der Waals surface area contributed by atoms with Crippen LogP contribution in [0.2, 0.25) is 0 Å². The highest BCUT2D eigenvalue weighted by Crippen LogP contribution is 2.42. The van der Waals surface area contributed by atoms with Gasteiger partial charge >= 0.3 is 0 Å². The third-order valence-electron chi connectivity index (χ3n) is 11.3. The third kappa shape index (κ3) is 5.59. The molecule has 11 aromatic rings. The van der Waals surface area contributed by atoms with Crippen LogP contribution in [-0.2, 0) is 0 Å². The number of fused-ring (bicyclic) bond motifs is 6. The fraction of sp³-hybridized carbons (Fsp3) is 0.0377. The van der Waals surface area contributed by atoms with Crippen LogP contribution in [0.5, 0.6) is 0 Å². The summed E-state index contributed by atoms with van der Waals surface area (Å²) in [6, 6.07) is 63.8. The highest BCUT2D eigenvalue weighted by molar-refractivity contribution is 6.13. The molecule has 0 aliphatic rings. The molecular weight excluding hydrogens is 709 g/mol. The maximum Gasteiger partial charge on any atom is 0.166 e. The second kappa shape index (κ2) is 13.5. The van der Waals surface area contributed by atoms with Crippen molar-refractivity contribution in [2.75, 3.05) is 0 Å². The molecule has 5 nitrogen and oxygen atoms in total. The summed E-state index contributed by atoms with van der Waals surface area (Å²) in [6.45, 7) is 4.34. The molecule has 0 unspecified atom stereocenters. The number of hydrogen-bond acceptors (Lipinski definition) is 4. The standard InChI is InChI=1S/C53H36N4O/c1-33-24-27-39(34(2)30-33)37-25-28-46-43(31-37)41-18-9-11-21-45(41)57(46)47-29-26-38(40-20-13-23-49-50(40)42-19-10-12-22-48(42)58-49)32-44(47)53-55-51(35-14-5-3-6-15-35)54-52(56-53)36-16-7-4-8-17-36/h3-32H,1-2H3. The van der Waals surface area contributed by atoms with Crippen molar-refractivity contribution in [3.8, 4) is 62.1 Å². The average Bonchev–Trinajstić information content (AvgIpc) is 3.82. The maximum atomic E-state index is 6.36. The second-order valence-corrected chi connectivity index (χ2v) is 15.0. The topological polar surface area (TPSA) is 56.7 Å².